The molecule has 0 aliphatic rings. The molecule has 0 aliphatic heterocycles. The molecular weight excluding hydrogens is 163 g/mol. The van der Waals surface area contributed by atoms with E-state index in [1.807, 2.05) is 6.92 Å². The molecule has 0 amide bonds. The van der Waals surface area contributed by atoms with Gasteiger partial charge in [0.2, 0.25) is 0 Å². The topological polar surface area (TPSA) is 0 Å². The van der Waals surface area contributed by atoms with Crippen molar-refractivity contribution in [2.24, 2.45) is 0 Å². The van der Waals surface area contributed by atoms with Crippen molar-refractivity contribution in [1.29, 1.82) is 0 Å². The molecule has 0 unspecified atom stereocenters. The molecule has 3 heteroatoms. The van der Waals surface area contributed by atoms with Crippen LogP contribution in [0.15, 0.2) is 21.5 Å². The van der Waals surface area contributed by atoms with E-state index in [1.165, 1.54) is 0 Å². The first-order valence-electron chi connectivity index (χ1n) is 2.04. The summed E-state index contributed by atoms with van der Waals surface area (Å²) in [5, 5.41) is 0.602. The molecule has 0 fully saturated rings. The number of halogens is 2. The number of rotatable bonds is 1. The Morgan fingerprint density at radius 2 is 2.00 bits per heavy atom. The molecule has 0 saturated carbocycles. The molecule has 0 aliphatic carbocycles. The highest BCUT2D eigenvalue weighted by atomic mass is 35.5. The van der Waals surface area contributed by atoms with Crippen LogP contribution in [-0.2, 0) is 0 Å². The van der Waals surface area contributed by atoms with Crippen LogP contribution >= 0.6 is 35.8 Å². The van der Waals surface area contributed by atoms with E-state index in [9.17, 15) is 0 Å². The SMILES string of the molecule is C/C=C(Cl)/C=C(\S)Cl. The molecule has 46 valence electrons. The number of hydrogen-bond acceptors (Lipinski definition) is 1. The highest BCUT2D eigenvalue weighted by molar-refractivity contribution is 7.86. The third-order valence-corrected chi connectivity index (χ3v) is 1.10. The molecule has 8 heavy (non-hydrogen) atoms. The molecular formula is C5H6Cl2S. The van der Waals surface area contributed by atoms with E-state index in [4.69, 9.17) is 23.2 Å². The predicted octanol–water partition coefficient (Wildman–Crippen LogP) is 3.14. The van der Waals surface area contributed by atoms with Crippen molar-refractivity contribution in [2.75, 3.05) is 0 Å². The Kier molecular flexibility index (Phi) is 4.53. The summed E-state index contributed by atoms with van der Waals surface area (Å²) in [6, 6.07) is 0. The summed E-state index contributed by atoms with van der Waals surface area (Å²) in [7, 11) is 0. The number of thiol groups is 1. The molecule has 0 heterocycles. The summed E-state index contributed by atoms with van der Waals surface area (Å²) in [5.74, 6) is 0. The Bertz CT molecular complexity index is 122. The van der Waals surface area contributed by atoms with Crippen LogP contribution in [-0.4, -0.2) is 0 Å². The van der Waals surface area contributed by atoms with Gasteiger partial charge in [-0.05, 0) is 13.0 Å². The summed E-state index contributed by atoms with van der Waals surface area (Å²) in [6.45, 7) is 1.83. The van der Waals surface area contributed by atoms with E-state index < -0.39 is 0 Å². The molecule has 0 aromatic rings. The zero-order valence-corrected chi connectivity index (χ0v) is 6.76. The second kappa shape index (κ2) is 4.30. The fraction of sp³-hybridized carbons (Fsp3) is 0.200. The summed E-state index contributed by atoms with van der Waals surface area (Å²) in [6.07, 6.45) is 3.30. The molecule has 0 aromatic heterocycles. The minimum absolute atomic E-state index is 0.396. The number of allylic oxidation sites excluding steroid dienone is 3. The van der Waals surface area contributed by atoms with E-state index in [-0.39, 0.29) is 0 Å². The second-order valence-corrected chi connectivity index (χ2v) is 2.73. The van der Waals surface area contributed by atoms with Crippen molar-refractivity contribution in [3.63, 3.8) is 0 Å². The molecule has 0 bridgehead atoms. The maximum Gasteiger partial charge on any atom is 0.0719 e. The first-order chi connectivity index (χ1) is 3.66. The Morgan fingerprint density at radius 1 is 1.50 bits per heavy atom. The molecule has 0 atom stereocenters. The highest BCUT2D eigenvalue weighted by Gasteiger charge is 1.82. The largest absolute Gasteiger partial charge is 0.131 e. The summed E-state index contributed by atoms with van der Waals surface area (Å²) < 4.78 is 0.396. The lowest BCUT2D eigenvalue weighted by atomic mass is 10.5. The van der Waals surface area contributed by atoms with Crippen LogP contribution in [0.25, 0.3) is 0 Å². The van der Waals surface area contributed by atoms with Crippen molar-refractivity contribution in [1.82, 2.24) is 0 Å². The minimum Gasteiger partial charge on any atom is -0.131 e. The zero-order chi connectivity index (χ0) is 6.57. The van der Waals surface area contributed by atoms with Crippen molar-refractivity contribution in [2.45, 2.75) is 6.92 Å². The lowest BCUT2D eigenvalue weighted by Gasteiger charge is -1.83. The Hall–Kier alpha value is 0.410. The zero-order valence-electron chi connectivity index (χ0n) is 4.36. The summed E-state index contributed by atoms with van der Waals surface area (Å²) in [4.78, 5) is 0. The quantitative estimate of drug-likeness (QED) is 0.452. The first kappa shape index (κ1) is 8.41. The lowest BCUT2D eigenvalue weighted by Crippen LogP contribution is -1.58. The monoisotopic (exact) mass is 168 g/mol. The number of hydrogen-bond donors (Lipinski definition) is 1. The van der Waals surface area contributed by atoms with Gasteiger partial charge in [0.25, 0.3) is 0 Å². The van der Waals surface area contributed by atoms with Crippen LogP contribution in [0.1, 0.15) is 6.92 Å². The fourth-order valence-corrected chi connectivity index (χ4v) is 0.695. The molecule has 0 nitrogen and oxygen atoms in total. The third kappa shape index (κ3) is 4.57. The molecule has 0 rings (SSSR count). The van der Waals surface area contributed by atoms with Crippen molar-refractivity contribution in [3.05, 3.63) is 21.5 Å². The normalized spacial score (nSPS) is 14.5. The molecule has 0 N–H and O–H groups in total. The standard InChI is InChI=1S/C5H6Cl2S/c1-2-4(6)3-5(7)8/h2-3,8H,1H3/b4-2-,5-3-. The molecule has 0 radical (unpaired) electrons. The lowest BCUT2D eigenvalue weighted by molar-refractivity contribution is 1.70. The predicted molar refractivity (Wildman–Crippen MR) is 42.5 cm³/mol. The maximum atomic E-state index is 5.51. The van der Waals surface area contributed by atoms with E-state index in [2.05, 4.69) is 12.6 Å². The van der Waals surface area contributed by atoms with Gasteiger partial charge in [0.15, 0.2) is 0 Å². The van der Waals surface area contributed by atoms with E-state index in [0.29, 0.717) is 9.40 Å². The van der Waals surface area contributed by atoms with Gasteiger partial charge in [0.1, 0.15) is 0 Å². The van der Waals surface area contributed by atoms with Crippen molar-refractivity contribution in [3.8, 4) is 0 Å². The van der Waals surface area contributed by atoms with Gasteiger partial charge in [0.05, 0.1) is 4.36 Å². The smallest absolute Gasteiger partial charge is 0.0719 e. The maximum absolute atomic E-state index is 5.51. The van der Waals surface area contributed by atoms with Crippen LogP contribution in [0.4, 0.5) is 0 Å². The highest BCUT2D eigenvalue weighted by Crippen LogP contribution is 2.12. The van der Waals surface area contributed by atoms with E-state index in [1.54, 1.807) is 12.2 Å². The van der Waals surface area contributed by atoms with Gasteiger partial charge in [0, 0.05) is 5.03 Å². The molecule has 0 spiro atoms. The Labute approximate surface area is 64.6 Å². The van der Waals surface area contributed by atoms with Crippen LogP contribution in [0.3, 0.4) is 0 Å². The van der Waals surface area contributed by atoms with Crippen LogP contribution in [0.5, 0.6) is 0 Å². The fourth-order valence-electron chi connectivity index (χ4n) is 0.197. The second-order valence-electron chi connectivity index (χ2n) is 1.14. The third-order valence-electron chi connectivity index (χ3n) is 0.533. The van der Waals surface area contributed by atoms with Gasteiger partial charge >= 0.3 is 0 Å². The van der Waals surface area contributed by atoms with Crippen molar-refractivity contribution >= 4 is 35.8 Å². The Balaban J connectivity index is 3.89. The van der Waals surface area contributed by atoms with Gasteiger partial charge in [-0.1, -0.05) is 29.3 Å². The van der Waals surface area contributed by atoms with E-state index >= 15 is 0 Å². The average molecular weight is 169 g/mol. The molecule has 0 saturated heterocycles. The van der Waals surface area contributed by atoms with Gasteiger partial charge < -0.3 is 0 Å². The van der Waals surface area contributed by atoms with Crippen molar-refractivity contribution < 1.29 is 0 Å². The van der Waals surface area contributed by atoms with Crippen LogP contribution in [0.2, 0.25) is 0 Å². The van der Waals surface area contributed by atoms with Crippen LogP contribution < -0.4 is 0 Å². The van der Waals surface area contributed by atoms with Gasteiger partial charge in [-0.25, -0.2) is 0 Å². The average Bonchev–Trinajstić information content (AvgIpc) is 1.65. The minimum atomic E-state index is 0.396. The van der Waals surface area contributed by atoms with E-state index in [0.717, 1.165) is 0 Å². The first-order valence-corrected chi connectivity index (χ1v) is 3.25. The Morgan fingerprint density at radius 3 is 2.12 bits per heavy atom. The van der Waals surface area contributed by atoms with Crippen LogP contribution in [0, 0.1) is 0 Å². The summed E-state index contributed by atoms with van der Waals surface area (Å²) >= 11 is 14.7. The van der Waals surface area contributed by atoms with Gasteiger partial charge in [-0.2, -0.15) is 0 Å². The summed E-state index contributed by atoms with van der Waals surface area (Å²) in [5.41, 5.74) is 0. The molecule has 0 aromatic carbocycles. The van der Waals surface area contributed by atoms with Gasteiger partial charge in [-0.3, -0.25) is 0 Å². The van der Waals surface area contributed by atoms with Gasteiger partial charge in [-0.15, -0.1) is 12.6 Å².